The molecule has 0 unspecified atom stereocenters. The number of hydrogen-bond donors (Lipinski definition) is 1. The molecule has 1 aliphatic rings. The predicted octanol–water partition coefficient (Wildman–Crippen LogP) is 4.48. The molecular weight excluding hydrogens is 460 g/mol. The van der Waals surface area contributed by atoms with Crippen LogP contribution >= 0.6 is 0 Å². The minimum absolute atomic E-state index is 0.135. The molecule has 1 heterocycles. The maximum Gasteiger partial charge on any atom is 0.337 e. The van der Waals surface area contributed by atoms with Gasteiger partial charge in [0.25, 0.3) is 5.91 Å². The van der Waals surface area contributed by atoms with Crippen LogP contribution in [0, 0.1) is 0 Å². The van der Waals surface area contributed by atoms with Gasteiger partial charge in [0.2, 0.25) is 0 Å². The molecule has 0 bridgehead atoms. The number of carbonyl (C=O) groups is 2. The Hall–Kier alpha value is -4.04. The molecule has 8 heteroatoms. The van der Waals surface area contributed by atoms with Gasteiger partial charge in [0, 0.05) is 29.9 Å². The van der Waals surface area contributed by atoms with Crippen LogP contribution in [0.3, 0.4) is 0 Å². The van der Waals surface area contributed by atoms with Crippen molar-refractivity contribution in [2.75, 3.05) is 49.8 Å². The van der Waals surface area contributed by atoms with Crippen molar-refractivity contribution in [3.63, 3.8) is 0 Å². The fourth-order valence-corrected chi connectivity index (χ4v) is 4.29. The van der Waals surface area contributed by atoms with E-state index in [0.717, 1.165) is 5.56 Å². The van der Waals surface area contributed by atoms with Crippen molar-refractivity contribution in [3.05, 3.63) is 83.4 Å². The molecule has 0 saturated carbocycles. The highest BCUT2D eigenvalue weighted by atomic mass is 16.5. The van der Waals surface area contributed by atoms with Gasteiger partial charge in [-0.25, -0.2) is 4.79 Å². The number of hydrogen-bond acceptors (Lipinski definition) is 6. The van der Waals surface area contributed by atoms with Gasteiger partial charge in [-0.05, 0) is 43.3 Å². The van der Waals surface area contributed by atoms with Crippen LogP contribution in [0.1, 0.15) is 33.2 Å². The number of methoxy groups -OCH3 is 1. The number of carboxylic acids is 1. The molecule has 188 valence electrons. The minimum Gasteiger partial charge on any atom is -0.493 e. The lowest BCUT2D eigenvalue weighted by atomic mass is 10.1. The number of aromatic carboxylic acids is 1. The molecule has 1 aliphatic heterocycles. The second-order valence-corrected chi connectivity index (χ2v) is 8.24. The van der Waals surface area contributed by atoms with E-state index in [2.05, 4.69) is 0 Å². The van der Waals surface area contributed by atoms with Crippen LogP contribution in [0.2, 0.25) is 0 Å². The van der Waals surface area contributed by atoms with Gasteiger partial charge in [-0.1, -0.05) is 30.3 Å². The Morgan fingerprint density at radius 1 is 1.03 bits per heavy atom. The molecule has 0 aliphatic carbocycles. The molecule has 1 N–H and O–H groups in total. The summed E-state index contributed by atoms with van der Waals surface area (Å²) in [7, 11) is 1.57. The number of benzene rings is 3. The van der Waals surface area contributed by atoms with Crippen LogP contribution in [0.25, 0.3) is 0 Å². The summed E-state index contributed by atoms with van der Waals surface area (Å²) in [4.78, 5) is 29.5. The van der Waals surface area contributed by atoms with Gasteiger partial charge in [-0.2, -0.15) is 0 Å². The van der Waals surface area contributed by atoms with Crippen molar-refractivity contribution in [2.45, 2.75) is 13.5 Å². The van der Waals surface area contributed by atoms with Crippen molar-refractivity contribution in [1.82, 2.24) is 0 Å². The van der Waals surface area contributed by atoms with E-state index in [1.165, 1.54) is 0 Å². The summed E-state index contributed by atoms with van der Waals surface area (Å²) < 4.78 is 16.8. The van der Waals surface area contributed by atoms with E-state index >= 15 is 0 Å². The van der Waals surface area contributed by atoms with E-state index in [9.17, 15) is 14.7 Å². The summed E-state index contributed by atoms with van der Waals surface area (Å²) in [6.45, 7) is 4.76. The van der Waals surface area contributed by atoms with Crippen LogP contribution in [-0.4, -0.2) is 57.0 Å². The van der Waals surface area contributed by atoms with Gasteiger partial charge in [-0.3, -0.25) is 4.79 Å². The summed E-state index contributed by atoms with van der Waals surface area (Å²) in [6, 6.07) is 19.6. The normalized spacial score (nSPS) is 13.2. The zero-order chi connectivity index (χ0) is 25.5. The fraction of sp³-hybridized carbons (Fsp3) is 0.286. The Bertz CT molecular complexity index is 1210. The highest BCUT2D eigenvalue weighted by Gasteiger charge is 2.25. The Morgan fingerprint density at radius 2 is 1.78 bits per heavy atom. The van der Waals surface area contributed by atoms with Crippen LogP contribution in [-0.2, 0) is 11.3 Å². The third-order valence-electron chi connectivity index (χ3n) is 6.04. The first-order valence-corrected chi connectivity index (χ1v) is 11.9. The van der Waals surface area contributed by atoms with Gasteiger partial charge in [-0.15, -0.1) is 0 Å². The first-order chi connectivity index (χ1) is 17.5. The van der Waals surface area contributed by atoms with E-state index in [1.54, 1.807) is 60.5 Å². The largest absolute Gasteiger partial charge is 0.493 e. The number of nitrogens with zero attached hydrogens (tertiary/aromatic N) is 2. The van der Waals surface area contributed by atoms with Crippen molar-refractivity contribution in [2.24, 2.45) is 0 Å². The fourth-order valence-electron chi connectivity index (χ4n) is 4.29. The standard InChI is InChI=1S/C28H30N2O6/c1-3-36-26-21(10-7-11-25(26)34-2)19-30(27(31)20-8-5-4-6-9-20)22-12-13-24(23(18-22)28(32)33)29-14-16-35-17-15-29/h4-13,18H,3,14-17,19H2,1-2H3,(H,32,33). The monoisotopic (exact) mass is 490 g/mol. The Kier molecular flexibility index (Phi) is 8.07. The zero-order valence-corrected chi connectivity index (χ0v) is 20.5. The third kappa shape index (κ3) is 5.44. The average molecular weight is 491 g/mol. The Labute approximate surface area is 210 Å². The Morgan fingerprint density at radius 3 is 2.44 bits per heavy atom. The molecule has 1 amide bonds. The quantitative estimate of drug-likeness (QED) is 0.473. The summed E-state index contributed by atoms with van der Waals surface area (Å²) in [6.07, 6.45) is 0. The van der Waals surface area contributed by atoms with Crippen LogP contribution in [0.15, 0.2) is 66.7 Å². The SMILES string of the molecule is CCOc1c(CN(C(=O)c2ccccc2)c2ccc(N3CCOCC3)c(C(=O)O)c2)cccc1OC. The van der Waals surface area contributed by atoms with Gasteiger partial charge < -0.3 is 29.1 Å². The summed E-state index contributed by atoms with van der Waals surface area (Å²) in [5, 5.41) is 10.0. The number of carbonyl (C=O) groups excluding carboxylic acids is 1. The topological polar surface area (TPSA) is 88.5 Å². The van der Waals surface area contributed by atoms with Crippen LogP contribution in [0.5, 0.6) is 11.5 Å². The molecular formula is C28H30N2O6. The van der Waals surface area contributed by atoms with Gasteiger partial charge in [0.05, 0.1) is 44.7 Å². The molecule has 0 radical (unpaired) electrons. The molecule has 4 rings (SSSR count). The predicted molar refractivity (Wildman–Crippen MR) is 138 cm³/mol. The number of ether oxygens (including phenoxy) is 3. The second kappa shape index (κ2) is 11.6. The summed E-state index contributed by atoms with van der Waals surface area (Å²) >= 11 is 0. The number of morpholine rings is 1. The molecule has 36 heavy (non-hydrogen) atoms. The van der Waals surface area contributed by atoms with E-state index in [0.29, 0.717) is 61.3 Å². The lowest BCUT2D eigenvalue weighted by Crippen LogP contribution is -2.37. The smallest absolute Gasteiger partial charge is 0.337 e. The molecule has 0 spiro atoms. The maximum absolute atomic E-state index is 13.7. The summed E-state index contributed by atoms with van der Waals surface area (Å²) in [5.74, 6) is -0.190. The van der Waals surface area contributed by atoms with Crippen molar-refractivity contribution < 1.29 is 28.9 Å². The number of rotatable bonds is 9. The molecule has 8 nitrogen and oxygen atoms in total. The van der Waals surface area contributed by atoms with Gasteiger partial charge in [0.1, 0.15) is 0 Å². The lowest BCUT2D eigenvalue weighted by Gasteiger charge is -2.31. The van der Waals surface area contributed by atoms with Crippen molar-refractivity contribution in [3.8, 4) is 11.5 Å². The number of amides is 1. The highest BCUT2D eigenvalue weighted by molar-refractivity contribution is 6.07. The highest BCUT2D eigenvalue weighted by Crippen LogP contribution is 2.35. The zero-order valence-electron chi connectivity index (χ0n) is 20.5. The van der Waals surface area contributed by atoms with Crippen LogP contribution < -0.4 is 19.3 Å². The first kappa shape index (κ1) is 25.1. The van der Waals surface area contributed by atoms with Crippen molar-refractivity contribution >= 4 is 23.3 Å². The second-order valence-electron chi connectivity index (χ2n) is 8.24. The summed E-state index contributed by atoms with van der Waals surface area (Å²) in [5.41, 5.74) is 2.46. The van der Waals surface area contributed by atoms with E-state index in [-0.39, 0.29) is 18.0 Å². The number of anilines is 2. The van der Waals surface area contributed by atoms with Gasteiger partial charge in [0.15, 0.2) is 11.5 Å². The first-order valence-electron chi connectivity index (χ1n) is 11.9. The Balaban J connectivity index is 1.79. The minimum atomic E-state index is -1.05. The molecule has 0 aromatic heterocycles. The van der Waals surface area contributed by atoms with Gasteiger partial charge >= 0.3 is 5.97 Å². The van der Waals surface area contributed by atoms with E-state index in [4.69, 9.17) is 14.2 Å². The molecule has 3 aromatic carbocycles. The average Bonchev–Trinajstić information content (AvgIpc) is 2.92. The lowest BCUT2D eigenvalue weighted by molar-refractivity contribution is 0.0695. The van der Waals surface area contributed by atoms with E-state index in [1.807, 2.05) is 30.0 Å². The third-order valence-corrected chi connectivity index (χ3v) is 6.04. The molecule has 0 atom stereocenters. The molecule has 1 fully saturated rings. The van der Waals surface area contributed by atoms with Crippen molar-refractivity contribution in [1.29, 1.82) is 0 Å². The van der Waals surface area contributed by atoms with E-state index < -0.39 is 5.97 Å². The number of carboxylic acid groups (broad SMARTS) is 1. The van der Waals surface area contributed by atoms with Crippen LogP contribution in [0.4, 0.5) is 11.4 Å². The maximum atomic E-state index is 13.7. The molecule has 3 aromatic rings. The number of para-hydroxylation sites is 1. The molecule has 1 saturated heterocycles.